The molecule has 2 rings (SSSR count). The van der Waals surface area contributed by atoms with E-state index in [0.717, 1.165) is 23.4 Å². The molecule has 0 spiro atoms. The Balaban J connectivity index is 1.97. The van der Waals surface area contributed by atoms with Crippen molar-refractivity contribution in [3.05, 3.63) is 59.7 Å². The van der Waals surface area contributed by atoms with Crippen molar-refractivity contribution in [2.24, 2.45) is 5.10 Å². The lowest BCUT2D eigenvalue weighted by Crippen LogP contribution is -2.08. The molecule has 0 aliphatic carbocycles. The zero-order valence-corrected chi connectivity index (χ0v) is 12.2. The van der Waals surface area contributed by atoms with Crippen LogP contribution >= 0.6 is 0 Å². The van der Waals surface area contributed by atoms with Crippen LogP contribution in [0.2, 0.25) is 0 Å². The van der Waals surface area contributed by atoms with Crippen molar-refractivity contribution < 1.29 is 13.2 Å². The molecule has 0 fully saturated rings. The van der Waals surface area contributed by atoms with Gasteiger partial charge in [0.2, 0.25) is 0 Å². The van der Waals surface area contributed by atoms with Crippen molar-refractivity contribution in [1.82, 2.24) is 0 Å². The Morgan fingerprint density at radius 2 is 1.55 bits per heavy atom. The minimum Gasteiger partial charge on any atom is -0.378 e. The molecule has 3 nitrogen and oxygen atoms in total. The van der Waals surface area contributed by atoms with Crippen molar-refractivity contribution in [2.45, 2.75) is 6.18 Å². The van der Waals surface area contributed by atoms with Gasteiger partial charge in [-0.3, -0.25) is 5.43 Å². The first-order valence-electron chi connectivity index (χ1n) is 6.60. The summed E-state index contributed by atoms with van der Waals surface area (Å²) in [4.78, 5) is 1.99. The number of rotatable bonds is 4. The first-order chi connectivity index (χ1) is 10.4. The van der Waals surface area contributed by atoms with Gasteiger partial charge in [-0.25, -0.2) is 0 Å². The maximum absolute atomic E-state index is 12.4. The molecule has 0 aliphatic rings. The van der Waals surface area contributed by atoms with Crippen LogP contribution in [0.3, 0.4) is 0 Å². The van der Waals surface area contributed by atoms with Gasteiger partial charge in [0.25, 0.3) is 0 Å². The Morgan fingerprint density at radius 1 is 0.955 bits per heavy atom. The lowest BCUT2D eigenvalue weighted by Gasteiger charge is -2.11. The fraction of sp³-hybridized carbons (Fsp3) is 0.188. The Morgan fingerprint density at radius 3 is 2.05 bits per heavy atom. The highest BCUT2D eigenvalue weighted by atomic mass is 19.4. The average Bonchev–Trinajstić information content (AvgIpc) is 2.47. The van der Waals surface area contributed by atoms with E-state index in [2.05, 4.69) is 10.5 Å². The summed E-state index contributed by atoms with van der Waals surface area (Å²) in [6, 6.07) is 12.5. The van der Waals surface area contributed by atoms with Gasteiger partial charge in [-0.15, -0.1) is 0 Å². The second-order valence-electron chi connectivity index (χ2n) is 4.93. The van der Waals surface area contributed by atoms with Crippen molar-refractivity contribution in [3.8, 4) is 0 Å². The molecule has 0 unspecified atom stereocenters. The van der Waals surface area contributed by atoms with Gasteiger partial charge in [0.05, 0.1) is 17.5 Å². The van der Waals surface area contributed by atoms with Gasteiger partial charge in [-0.05, 0) is 42.0 Å². The summed E-state index contributed by atoms with van der Waals surface area (Å²) in [7, 11) is 3.91. The quantitative estimate of drug-likeness (QED) is 0.676. The van der Waals surface area contributed by atoms with Gasteiger partial charge in [0.1, 0.15) is 0 Å². The van der Waals surface area contributed by atoms with Gasteiger partial charge < -0.3 is 4.90 Å². The minimum atomic E-state index is -4.32. The minimum absolute atomic E-state index is 0.495. The van der Waals surface area contributed by atoms with E-state index in [0.29, 0.717) is 5.69 Å². The Hall–Kier alpha value is -2.50. The van der Waals surface area contributed by atoms with Crippen molar-refractivity contribution in [3.63, 3.8) is 0 Å². The zero-order chi connectivity index (χ0) is 16.2. The number of hydrogen-bond acceptors (Lipinski definition) is 3. The summed E-state index contributed by atoms with van der Waals surface area (Å²) in [5.41, 5.74) is 4.49. The van der Waals surface area contributed by atoms with E-state index in [9.17, 15) is 13.2 Å². The Labute approximate surface area is 127 Å². The molecule has 0 aliphatic heterocycles. The highest BCUT2D eigenvalue weighted by Gasteiger charge is 2.29. The number of halogens is 3. The molecule has 2 aromatic carbocycles. The molecule has 0 aromatic heterocycles. The number of nitrogens with zero attached hydrogens (tertiary/aromatic N) is 2. The third kappa shape index (κ3) is 4.25. The van der Waals surface area contributed by atoms with Crippen LogP contribution in [0.5, 0.6) is 0 Å². The van der Waals surface area contributed by atoms with E-state index < -0.39 is 11.7 Å². The van der Waals surface area contributed by atoms with Crippen LogP contribution in [0.4, 0.5) is 24.5 Å². The molecule has 0 amide bonds. The molecule has 1 N–H and O–H groups in total. The number of nitrogens with one attached hydrogen (secondary N) is 1. The largest absolute Gasteiger partial charge is 0.416 e. The predicted molar refractivity (Wildman–Crippen MR) is 83.4 cm³/mol. The molecule has 0 atom stereocenters. The van der Waals surface area contributed by atoms with Crippen LogP contribution in [-0.2, 0) is 6.18 Å². The van der Waals surface area contributed by atoms with Gasteiger partial charge in [0, 0.05) is 19.8 Å². The van der Waals surface area contributed by atoms with E-state index in [1.165, 1.54) is 12.1 Å². The molecule has 0 saturated heterocycles. The normalized spacial score (nSPS) is 11.7. The second-order valence-corrected chi connectivity index (χ2v) is 4.93. The second kappa shape index (κ2) is 6.51. The van der Waals surface area contributed by atoms with Crippen molar-refractivity contribution >= 4 is 17.6 Å². The molecule has 6 heteroatoms. The Kier molecular flexibility index (Phi) is 4.70. The summed E-state index contributed by atoms with van der Waals surface area (Å²) in [6.07, 6.45) is -2.72. The van der Waals surface area contributed by atoms with E-state index in [1.807, 2.05) is 43.3 Å². The van der Waals surface area contributed by atoms with E-state index >= 15 is 0 Å². The van der Waals surface area contributed by atoms with Crippen LogP contribution in [-0.4, -0.2) is 20.3 Å². The SMILES string of the molecule is CN(C)c1ccc(C=NNc2ccc(C(F)(F)F)cc2)cc1. The zero-order valence-electron chi connectivity index (χ0n) is 12.2. The highest BCUT2D eigenvalue weighted by Crippen LogP contribution is 2.29. The number of alkyl halides is 3. The number of hydrogen-bond donors (Lipinski definition) is 1. The first-order valence-corrected chi connectivity index (χ1v) is 6.60. The summed E-state index contributed by atoms with van der Waals surface area (Å²) in [5.74, 6) is 0. The van der Waals surface area contributed by atoms with Gasteiger partial charge in [-0.1, -0.05) is 12.1 Å². The molecule has 116 valence electrons. The number of anilines is 2. The molecule has 22 heavy (non-hydrogen) atoms. The molecule has 2 aromatic rings. The lowest BCUT2D eigenvalue weighted by molar-refractivity contribution is -0.137. The summed E-state index contributed by atoms with van der Waals surface area (Å²) >= 11 is 0. The van der Waals surface area contributed by atoms with Gasteiger partial charge >= 0.3 is 6.18 Å². The van der Waals surface area contributed by atoms with Gasteiger partial charge in [0.15, 0.2) is 0 Å². The molecule has 0 radical (unpaired) electrons. The van der Waals surface area contributed by atoms with Gasteiger partial charge in [-0.2, -0.15) is 18.3 Å². The average molecular weight is 307 g/mol. The van der Waals surface area contributed by atoms with E-state index in [1.54, 1.807) is 6.21 Å². The topological polar surface area (TPSA) is 27.6 Å². The highest BCUT2D eigenvalue weighted by molar-refractivity contribution is 5.80. The van der Waals surface area contributed by atoms with E-state index in [-0.39, 0.29) is 0 Å². The summed E-state index contributed by atoms with van der Waals surface area (Å²) < 4.78 is 37.3. The molecular formula is C16H16F3N3. The fourth-order valence-electron chi connectivity index (χ4n) is 1.77. The molecule has 0 heterocycles. The fourth-order valence-corrected chi connectivity index (χ4v) is 1.77. The number of hydrazone groups is 1. The van der Waals surface area contributed by atoms with E-state index in [4.69, 9.17) is 0 Å². The maximum atomic E-state index is 12.4. The first kappa shape index (κ1) is 15.9. The smallest absolute Gasteiger partial charge is 0.378 e. The van der Waals surface area contributed by atoms with Crippen LogP contribution < -0.4 is 10.3 Å². The lowest BCUT2D eigenvalue weighted by atomic mass is 10.2. The summed E-state index contributed by atoms with van der Waals surface area (Å²) in [5, 5.41) is 4.01. The number of benzene rings is 2. The monoisotopic (exact) mass is 307 g/mol. The third-order valence-electron chi connectivity index (χ3n) is 3.03. The van der Waals surface area contributed by atoms with Crippen molar-refractivity contribution in [1.29, 1.82) is 0 Å². The maximum Gasteiger partial charge on any atom is 0.416 e. The Bertz CT molecular complexity index is 629. The third-order valence-corrected chi connectivity index (χ3v) is 3.03. The van der Waals surface area contributed by atoms with Crippen LogP contribution in [0.25, 0.3) is 0 Å². The molecular weight excluding hydrogens is 291 g/mol. The summed E-state index contributed by atoms with van der Waals surface area (Å²) in [6.45, 7) is 0. The predicted octanol–water partition coefficient (Wildman–Crippen LogP) is 4.22. The van der Waals surface area contributed by atoms with Crippen LogP contribution in [0.15, 0.2) is 53.6 Å². The molecule has 0 bridgehead atoms. The molecule has 0 saturated carbocycles. The standard InChI is InChI=1S/C16H16F3N3/c1-22(2)15-9-3-12(4-10-15)11-20-21-14-7-5-13(6-8-14)16(17,18)19/h3-11,21H,1-2H3. The van der Waals surface area contributed by atoms with Crippen molar-refractivity contribution in [2.75, 3.05) is 24.4 Å². The van der Waals surface area contributed by atoms with Crippen LogP contribution in [0, 0.1) is 0 Å². The van der Waals surface area contributed by atoms with Crippen LogP contribution in [0.1, 0.15) is 11.1 Å².